The lowest BCUT2D eigenvalue weighted by atomic mass is 10.0. The summed E-state index contributed by atoms with van der Waals surface area (Å²) in [6, 6.07) is 11.9. The Morgan fingerprint density at radius 3 is 2.48 bits per heavy atom. The summed E-state index contributed by atoms with van der Waals surface area (Å²) in [6.45, 7) is 8.28. The molecule has 1 atom stereocenters. The number of nitrogens with one attached hydrogen (secondary N) is 1. The van der Waals surface area contributed by atoms with Crippen LogP contribution in [0.1, 0.15) is 44.2 Å². The summed E-state index contributed by atoms with van der Waals surface area (Å²) >= 11 is 6.10. The highest BCUT2D eigenvalue weighted by Gasteiger charge is 2.32. The van der Waals surface area contributed by atoms with Crippen molar-refractivity contribution in [3.63, 3.8) is 0 Å². The summed E-state index contributed by atoms with van der Waals surface area (Å²) in [5.41, 5.74) is 2.22. The molecule has 1 N–H and O–H groups in total. The van der Waals surface area contributed by atoms with Gasteiger partial charge in [0.05, 0.1) is 18.5 Å². The number of rotatable bonds is 10. The number of halogens is 1. The van der Waals surface area contributed by atoms with Crippen LogP contribution in [0, 0.1) is 6.92 Å². The second kappa shape index (κ2) is 10.9. The van der Waals surface area contributed by atoms with Crippen LogP contribution in [0.5, 0.6) is 5.75 Å². The summed E-state index contributed by atoms with van der Waals surface area (Å²) in [5.74, 6) is 0.721. The van der Waals surface area contributed by atoms with Crippen LogP contribution < -0.4 is 14.4 Å². The quantitative estimate of drug-likeness (QED) is 0.522. The Morgan fingerprint density at radius 1 is 1.19 bits per heavy atom. The summed E-state index contributed by atoms with van der Waals surface area (Å²) in [6.07, 6.45) is 1.40. The first-order valence-electron chi connectivity index (χ1n) is 10.3. The van der Waals surface area contributed by atoms with Crippen molar-refractivity contribution in [2.75, 3.05) is 23.7 Å². The Morgan fingerprint density at radius 2 is 1.87 bits per heavy atom. The number of hydrogen-bond donors (Lipinski definition) is 1. The maximum atomic E-state index is 12.9. The molecule has 0 aliphatic carbocycles. The maximum Gasteiger partial charge on any atom is 0.244 e. The van der Waals surface area contributed by atoms with Gasteiger partial charge in [-0.1, -0.05) is 56.6 Å². The van der Waals surface area contributed by atoms with E-state index in [-0.39, 0.29) is 19.1 Å². The third kappa shape index (κ3) is 6.61. The van der Waals surface area contributed by atoms with Crippen molar-refractivity contribution in [1.82, 2.24) is 5.32 Å². The monoisotopic (exact) mass is 466 g/mol. The van der Waals surface area contributed by atoms with Crippen LogP contribution in [-0.4, -0.2) is 39.8 Å². The number of benzene rings is 2. The van der Waals surface area contributed by atoms with Gasteiger partial charge in [0.25, 0.3) is 0 Å². The van der Waals surface area contributed by atoms with Gasteiger partial charge in [-0.3, -0.25) is 9.10 Å². The highest BCUT2D eigenvalue weighted by Crippen LogP contribution is 2.29. The standard InChI is InChI=1S/C23H31ClN2O4S/c1-6-20(26(31(5,28)29)21-15-18(24)12-11-17(21)4)23(27)25-13-14-30-22-10-8-7-9-19(22)16(2)3/h7-12,15-16,20H,6,13-14H2,1-5H3,(H,25,27)/t20-/m0/s1. The first-order chi connectivity index (χ1) is 14.6. The average molecular weight is 467 g/mol. The van der Waals surface area contributed by atoms with Gasteiger partial charge < -0.3 is 10.1 Å². The van der Waals surface area contributed by atoms with Crippen molar-refractivity contribution < 1.29 is 17.9 Å². The fourth-order valence-electron chi connectivity index (χ4n) is 3.40. The number of amides is 1. The number of anilines is 1. The summed E-state index contributed by atoms with van der Waals surface area (Å²) in [5, 5.41) is 3.21. The molecule has 170 valence electrons. The molecule has 0 unspecified atom stereocenters. The highest BCUT2D eigenvalue weighted by molar-refractivity contribution is 7.92. The van der Waals surface area contributed by atoms with E-state index in [1.165, 1.54) is 0 Å². The van der Waals surface area contributed by atoms with E-state index in [4.69, 9.17) is 16.3 Å². The molecule has 1 amide bonds. The highest BCUT2D eigenvalue weighted by atomic mass is 35.5. The van der Waals surface area contributed by atoms with Crippen LogP contribution in [0.15, 0.2) is 42.5 Å². The predicted molar refractivity (Wildman–Crippen MR) is 127 cm³/mol. The minimum Gasteiger partial charge on any atom is -0.491 e. The van der Waals surface area contributed by atoms with Gasteiger partial charge >= 0.3 is 0 Å². The molecule has 2 rings (SSSR count). The first-order valence-corrected chi connectivity index (χ1v) is 12.5. The van der Waals surface area contributed by atoms with Gasteiger partial charge in [-0.15, -0.1) is 0 Å². The Labute approximate surface area is 190 Å². The molecule has 0 aromatic heterocycles. The van der Waals surface area contributed by atoms with E-state index in [0.29, 0.717) is 23.0 Å². The van der Waals surface area contributed by atoms with E-state index in [0.717, 1.165) is 27.4 Å². The SMILES string of the molecule is CC[C@@H](C(=O)NCCOc1ccccc1C(C)C)N(c1cc(Cl)ccc1C)S(C)(=O)=O. The van der Waals surface area contributed by atoms with E-state index in [1.807, 2.05) is 24.3 Å². The normalized spacial score (nSPS) is 12.5. The van der Waals surface area contributed by atoms with Gasteiger partial charge in [-0.05, 0) is 48.6 Å². The van der Waals surface area contributed by atoms with Crippen LogP contribution in [0.2, 0.25) is 5.02 Å². The van der Waals surface area contributed by atoms with Gasteiger partial charge in [0, 0.05) is 5.02 Å². The third-order valence-corrected chi connectivity index (χ3v) is 6.34. The zero-order valence-corrected chi connectivity index (χ0v) is 20.3. The van der Waals surface area contributed by atoms with E-state index >= 15 is 0 Å². The number of carbonyl (C=O) groups excluding carboxylic acids is 1. The van der Waals surface area contributed by atoms with Crippen LogP contribution in [0.3, 0.4) is 0 Å². The Balaban J connectivity index is 2.12. The molecule has 0 bridgehead atoms. The molecule has 0 heterocycles. The van der Waals surface area contributed by atoms with Crippen molar-refractivity contribution >= 4 is 33.2 Å². The number of ether oxygens (including phenoxy) is 1. The van der Waals surface area contributed by atoms with Gasteiger partial charge in [0.2, 0.25) is 15.9 Å². The molecular formula is C23H31ClN2O4S. The van der Waals surface area contributed by atoms with Crippen LogP contribution in [0.25, 0.3) is 0 Å². The topological polar surface area (TPSA) is 75.7 Å². The van der Waals surface area contributed by atoms with E-state index in [9.17, 15) is 13.2 Å². The predicted octanol–water partition coefficient (Wildman–Crippen LogP) is 4.51. The Hall–Kier alpha value is -2.25. The molecule has 2 aromatic carbocycles. The molecule has 6 nitrogen and oxygen atoms in total. The minimum absolute atomic E-state index is 0.258. The van der Waals surface area contributed by atoms with E-state index < -0.39 is 16.1 Å². The van der Waals surface area contributed by atoms with Crippen molar-refractivity contribution in [2.24, 2.45) is 0 Å². The fraction of sp³-hybridized carbons (Fsp3) is 0.435. The second-order valence-electron chi connectivity index (χ2n) is 7.75. The number of carbonyl (C=O) groups is 1. The van der Waals surface area contributed by atoms with Gasteiger partial charge in [0.1, 0.15) is 18.4 Å². The lowest BCUT2D eigenvalue weighted by Gasteiger charge is -2.31. The van der Waals surface area contributed by atoms with Gasteiger partial charge in [-0.25, -0.2) is 8.42 Å². The Kier molecular flexibility index (Phi) is 8.77. The lowest BCUT2D eigenvalue weighted by Crippen LogP contribution is -2.50. The number of para-hydroxylation sites is 1. The smallest absolute Gasteiger partial charge is 0.244 e. The third-order valence-electron chi connectivity index (χ3n) is 4.94. The molecule has 0 spiro atoms. The number of hydrogen-bond acceptors (Lipinski definition) is 4. The lowest BCUT2D eigenvalue weighted by molar-refractivity contribution is -0.122. The maximum absolute atomic E-state index is 12.9. The fourth-order valence-corrected chi connectivity index (χ4v) is 4.82. The number of nitrogens with zero attached hydrogens (tertiary/aromatic N) is 1. The van der Waals surface area contributed by atoms with Gasteiger partial charge in [0.15, 0.2) is 0 Å². The molecule has 2 aromatic rings. The first kappa shape index (κ1) is 25.0. The summed E-state index contributed by atoms with van der Waals surface area (Å²) in [4.78, 5) is 12.9. The second-order valence-corrected chi connectivity index (χ2v) is 10.0. The van der Waals surface area contributed by atoms with Crippen LogP contribution >= 0.6 is 11.6 Å². The Bertz CT molecular complexity index is 1010. The van der Waals surface area contributed by atoms with Gasteiger partial charge in [-0.2, -0.15) is 0 Å². The molecule has 0 fully saturated rings. The summed E-state index contributed by atoms with van der Waals surface area (Å²) in [7, 11) is -3.72. The number of aryl methyl sites for hydroxylation is 1. The van der Waals surface area contributed by atoms with Crippen molar-refractivity contribution in [1.29, 1.82) is 0 Å². The van der Waals surface area contributed by atoms with E-state index in [1.54, 1.807) is 32.0 Å². The minimum atomic E-state index is -3.72. The molecule has 0 saturated carbocycles. The molecule has 0 radical (unpaired) electrons. The molecule has 8 heteroatoms. The molecule has 0 aliphatic rings. The van der Waals surface area contributed by atoms with Crippen molar-refractivity contribution in [3.05, 3.63) is 58.6 Å². The van der Waals surface area contributed by atoms with Crippen molar-refractivity contribution in [2.45, 2.75) is 46.1 Å². The van der Waals surface area contributed by atoms with Crippen LogP contribution in [0.4, 0.5) is 5.69 Å². The van der Waals surface area contributed by atoms with Crippen LogP contribution in [-0.2, 0) is 14.8 Å². The molecule has 0 saturated heterocycles. The molecule has 31 heavy (non-hydrogen) atoms. The zero-order chi connectivity index (χ0) is 23.2. The largest absolute Gasteiger partial charge is 0.491 e. The number of sulfonamides is 1. The summed E-state index contributed by atoms with van der Waals surface area (Å²) < 4.78 is 32.2. The average Bonchev–Trinajstić information content (AvgIpc) is 2.70. The zero-order valence-electron chi connectivity index (χ0n) is 18.7. The van der Waals surface area contributed by atoms with Crippen molar-refractivity contribution in [3.8, 4) is 5.75 Å². The molecular weight excluding hydrogens is 436 g/mol. The molecule has 0 aliphatic heterocycles. The van der Waals surface area contributed by atoms with E-state index in [2.05, 4.69) is 19.2 Å².